The molecule has 1 saturated heterocycles. The van der Waals surface area contributed by atoms with Crippen LogP contribution in [-0.4, -0.2) is 53.0 Å². The Hall–Kier alpha value is -2.13. The first-order valence-corrected chi connectivity index (χ1v) is 10.9. The highest BCUT2D eigenvalue weighted by Crippen LogP contribution is 2.17. The standard InChI is InChI=1S/C24H31N5O.HI/c1-2-25-24(26-13-11-22-17-28-14-7-6-10-23(28)27-22)29-15-12-21(16-29)19-30-18-20-8-4-3-5-9-20;/h3-10,14,17,21H,2,11-13,15-16,18-19H2,1H3,(H,25,26);1H. The van der Waals surface area contributed by atoms with Gasteiger partial charge in [-0.25, -0.2) is 4.98 Å². The quantitative estimate of drug-likeness (QED) is 0.270. The number of imidazole rings is 1. The van der Waals surface area contributed by atoms with E-state index in [1.807, 2.05) is 30.5 Å². The van der Waals surface area contributed by atoms with Crippen LogP contribution in [0.4, 0.5) is 0 Å². The number of benzene rings is 1. The Balaban J connectivity index is 0.00000272. The highest BCUT2D eigenvalue weighted by atomic mass is 127. The molecule has 0 saturated carbocycles. The third-order valence-electron chi connectivity index (χ3n) is 5.43. The summed E-state index contributed by atoms with van der Waals surface area (Å²) in [5.74, 6) is 1.56. The molecule has 1 aliphatic rings. The number of ether oxygens (including phenoxy) is 1. The van der Waals surface area contributed by atoms with Gasteiger partial charge in [0.25, 0.3) is 0 Å². The van der Waals surface area contributed by atoms with Crippen molar-refractivity contribution >= 4 is 35.6 Å². The summed E-state index contributed by atoms with van der Waals surface area (Å²) in [5.41, 5.74) is 3.30. The van der Waals surface area contributed by atoms with E-state index in [1.165, 1.54) is 5.56 Å². The number of nitrogens with zero attached hydrogens (tertiary/aromatic N) is 4. The molecule has 0 radical (unpaired) electrons. The molecule has 0 bridgehead atoms. The van der Waals surface area contributed by atoms with Crippen molar-refractivity contribution in [2.45, 2.75) is 26.4 Å². The minimum Gasteiger partial charge on any atom is -0.376 e. The third kappa shape index (κ3) is 6.67. The van der Waals surface area contributed by atoms with Gasteiger partial charge in [0.1, 0.15) is 5.65 Å². The van der Waals surface area contributed by atoms with Crippen molar-refractivity contribution in [2.75, 3.05) is 32.8 Å². The van der Waals surface area contributed by atoms with E-state index in [0.29, 0.717) is 12.5 Å². The van der Waals surface area contributed by atoms with Gasteiger partial charge in [-0.15, -0.1) is 24.0 Å². The fourth-order valence-corrected chi connectivity index (χ4v) is 3.89. The van der Waals surface area contributed by atoms with Crippen LogP contribution in [0.2, 0.25) is 0 Å². The first-order chi connectivity index (χ1) is 14.8. The topological polar surface area (TPSA) is 54.2 Å². The number of aromatic nitrogens is 2. The summed E-state index contributed by atoms with van der Waals surface area (Å²) in [4.78, 5) is 11.9. The number of likely N-dealkylation sites (tertiary alicyclic amines) is 1. The number of hydrogen-bond donors (Lipinski definition) is 1. The van der Waals surface area contributed by atoms with Gasteiger partial charge in [0.15, 0.2) is 5.96 Å². The van der Waals surface area contributed by atoms with Gasteiger partial charge in [0.2, 0.25) is 0 Å². The molecule has 31 heavy (non-hydrogen) atoms. The van der Waals surface area contributed by atoms with Gasteiger partial charge < -0.3 is 19.4 Å². The zero-order chi connectivity index (χ0) is 20.6. The van der Waals surface area contributed by atoms with Gasteiger partial charge in [-0.2, -0.15) is 0 Å². The van der Waals surface area contributed by atoms with Crippen LogP contribution in [-0.2, 0) is 17.8 Å². The normalized spacial score (nSPS) is 16.5. The molecule has 1 aliphatic heterocycles. The molecule has 0 aliphatic carbocycles. The van der Waals surface area contributed by atoms with Crippen LogP contribution in [0.25, 0.3) is 5.65 Å². The van der Waals surface area contributed by atoms with E-state index >= 15 is 0 Å². The number of hydrogen-bond acceptors (Lipinski definition) is 3. The predicted molar refractivity (Wildman–Crippen MR) is 136 cm³/mol. The van der Waals surface area contributed by atoms with Gasteiger partial charge >= 0.3 is 0 Å². The van der Waals surface area contributed by atoms with Crippen LogP contribution in [0.1, 0.15) is 24.6 Å². The van der Waals surface area contributed by atoms with Crippen molar-refractivity contribution in [1.29, 1.82) is 0 Å². The average Bonchev–Trinajstić information content (AvgIpc) is 3.40. The lowest BCUT2D eigenvalue weighted by molar-refractivity contribution is 0.0907. The lowest BCUT2D eigenvalue weighted by atomic mass is 10.1. The highest BCUT2D eigenvalue weighted by molar-refractivity contribution is 14.0. The summed E-state index contributed by atoms with van der Waals surface area (Å²) < 4.78 is 8.02. The van der Waals surface area contributed by atoms with E-state index in [4.69, 9.17) is 9.73 Å². The minimum absolute atomic E-state index is 0. The zero-order valence-electron chi connectivity index (χ0n) is 18.1. The van der Waals surface area contributed by atoms with Gasteiger partial charge in [-0.3, -0.25) is 4.99 Å². The molecule has 1 unspecified atom stereocenters. The van der Waals surface area contributed by atoms with E-state index < -0.39 is 0 Å². The Morgan fingerprint density at radius 3 is 2.84 bits per heavy atom. The molecule has 7 heteroatoms. The number of pyridine rings is 1. The van der Waals surface area contributed by atoms with Crippen molar-refractivity contribution in [1.82, 2.24) is 19.6 Å². The van der Waals surface area contributed by atoms with Crippen LogP contribution in [0.3, 0.4) is 0 Å². The summed E-state index contributed by atoms with van der Waals surface area (Å²) in [6, 6.07) is 16.4. The maximum Gasteiger partial charge on any atom is 0.193 e. The van der Waals surface area contributed by atoms with Gasteiger partial charge in [0, 0.05) is 50.9 Å². The molecule has 1 fully saturated rings. The summed E-state index contributed by atoms with van der Waals surface area (Å²) in [5, 5.41) is 3.45. The second kappa shape index (κ2) is 12.0. The molecule has 6 nitrogen and oxygen atoms in total. The van der Waals surface area contributed by atoms with Crippen LogP contribution in [0.5, 0.6) is 0 Å². The molecule has 3 heterocycles. The van der Waals surface area contributed by atoms with Crippen molar-refractivity contribution < 1.29 is 4.74 Å². The molecule has 166 valence electrons. The van der Waals surface area contributed by atoms with Crippen molar-refractivity contribution in [3.63, 3.8) is 0 Å². The minimum atomic E-state index is 0. The number of halogens is 1. The summed E-state index contributed by atoms with van der Waals surface area (Å²) >= 11 is 0. The number of nitrogens with one attached hydrogen (secondary N) is 1. The van der Waals surface area contributed by atoms with E-state index in [2.05, 4.69) is 57.0 Å². The van der Waals surface area contributed by atoms with Crippen LogP contribution in [0.15, 0.2) is 65.9 Å². The fraction of sp³-hybridized carbons (Fsp3) is 0.417. The largest absolute Gasteiger partial charge is 0.376 e. The lowest BCUT2D eigenvalue weighted by Crippen LogP contribution is -2.40. The summed E-state index contributed by atoms with van der Waals surface area (Å²) in [6.07, 6.45) is 6.11. The molecule has 0 spiro atoms. The van der Waals surface area contributed by atoms with Crippen molar-refractivity contribution in [2.24, 2.45) is 10.9 Å². The van der Waals surface area contributed by atoms with Crippen LogP contribution < -0.4 is 5.32 Å². The van der Waals surface area contributed by atoms with Gasteiger partial charge in [0.05, 0.1) is 18.9 Å². The number of aliphatic imine (C=N–C) groups is 1. The van der Waals surface area contributed by atoms with Crippen LogP contribution in [0, 0.1) is 5.92 Å². The zero-order valence-corrected chi connectivity index (χ0v) is 20.4. The summed E-state index contributed by atoms with van der Waals surface area (Å²) in [7, 11) is 0. The third-order valence-corrected chi connectivity index (χ3v) is 5.43. The maximum atomic E-state index is 5.96. The Labute approximate surface area is 201 Å². The van der Waals surface area contributed by atoms with Crippen molar-refractivity contribution in [3.8, 4) is 0 Å². The Bertz CT molecular complexity index is 926. The highest BCUT2D eigenvalue weighted by Gasteiger charge is 2.25. The lowest BCUT2D eigenvalue weighted by Gasteiger charge is -2.21. The molecule has 1 atom stereocenters. The predicted octanol–water partition coefficient (Wildman–Crippen LogP) is 4.00. The van der Waals surface area contributed by atoms with E-state index in [9.17, 15) is 0 Å². The second-order valence-corrected chi connectivity index (χ2v) is 7.79. The SMILES string of the molecule is CCNC(=NCCc1cn2ccccc2n1)N1CCC(COCc2ccccc2)C1.I. The first-order valence-electron chi connectivity index (χ1n) is 10.9. The molecule has 1 aromatic carbocycles. The van der Waals surface area contributed by atoms with E-state index in [1.54, 1.807) is 0 Å². The Morgan fingerprint density at radius 1 is 1.19 bits per heavy atom. The van der Waals surface area contributed by atoms with Gasteiger partial charge in [-0.05, 0) is 31.0 Å². The molecule has 3 aromatic rings. The fourth-order valence-electron chi connectivity index (χ4n) is 3.89. The molecule has 4 rings (SSSR count). The second-order valence-electron chi connectivity index (χ2n) is 7.79. The first kappa shape index (κ1) is 23.5. The number of fused-ring (bicyclic) bond motifs is 1. The molecular weight excluding hydrogens is 501 g/mol. The van der Waals surface area contributed by atoms with Gasteiger partial charge in [-0.1, -0.05) is 36.4 Å². The van der Waals surface area contributed by atoms with E-state index in [0.717, 1.165) is 62.9 Å². The van der Waals surface area contributed by atoms with Crippen LogP contribution >= 0.6 is 24.0 Å². The average molecular weight is 533 g/mol. The molecule has 1 N–H and O–H groups in total. The molecule has 0 amide bonds. The molecule has 2 aromatic heterocycles. The Kier molecular flexibility index (Phi) is 9.14. The molecular formula is C24H32IN5O. The van der Waals surface area contributed by atoms with E-state index in [-0.39, 0.29) is 24.0 Å². The smallest absolute Gasteiger partial charge is 0.193 e. The maximum absolute atomic E-state index is 5.96. The monoisotopic (exact) mass is 533 g/mol. The Morgan fingerprint density at radius 2 is 2.03 bits per heavy atom. The van der Waals surface area contributed by atoms with Crippen molar-refractivity contribution in [3.05, 3.63) is 72.2 Å². The number of rotatable bonds is 8. The number of guanidine groups is 1. The summed E-state index contributed by atoms with van der Waals surface area (Å²) in [6.45, 7) is 7.23.